The van der Waals surface area contributed by atoms with E-state index in [1.54, 1.807) is 0 Å². The number of nitrogens with zero attached hydrogens (tertiary/aromatic N) is 2. The minimum absolute atomic E-state index is 0.197. The highest BCUT2D eigenvalue weighted by molar-refractivity contribution is 9.09. The summed E-state index contributed by atoms with van der Waals surface area (Å²) in [4.78, 5) is 45.5. The number of carbonyl (C=O) groups excluding carboxylic acids is 3. The van der Waals surface area contributed by atoms with Gasteiger partial charge in [0, 0.05) is 35.8 Å². The first-order valence-electron chi connectivity index (χ1n) is 14.5. The highest BCUT2D eigenvalue weighted by Crippen LogP contribution is 2.61. The summed E-state index contributed by atoms with van der Waals surface area (Å²) in [5.41, 5.74) is 1.14. The van der Waals surface area contributed by atoms with Crippen molar-refractivity contribution < 1.29 is 24.2 Å². The molecule has 41 heavy (non-hydrogen) atoms. The van der Waals surface area contributed by atoms with Crippen LogP contribution in [-0.2, 0) is 19.1 Å². The lowest BCUT2D eigenvalue weighted by atomic mass is 9.70. The average Bonchev–Trinajstić information content (AvgIpc) is 3.58. The molecular weight excluding hydrogens is 588 g/mol. The van der Waals surface area contributed by atoms with Gasteiger partial charge in [-0.25, -0.2) is 0 Å². The molecular formula is C31H39BrN4O5. The predicted molar refractivity (Wildman–Crippen MR) is 161 cm³/mol. The number of benzene rings is 2. The normalized spacial score (nSPS) is 28.9. The molecule has 0 aliphatic carbocycles. The van der Waals surface area contributed by atoms with Crippen LogP contribution < -0.4 is 15.5 Å². The molecule has 2 aromatic carbocycles. The zero-order valence-corrected chi connectivity index (χ0v) is 25.3. The number of halogens is 1. The summed E-state index contributed by atoms with van der Waals surface area (Å²) >= 11 is 3.70. The Morgan fingerprint density at radius 2 is 1.78 bits per heavy atom. The molecule has 9 nitrogen and oxygen atoms in total. The fourth-order valence-corrected chi connectivity index (χ4v) is 7.90. The molecule has 10 heteroatoms. The first kappa shape index (κ1) is 29.5. The number of ether oxygens (including phenoxy) is 1. The molecule has 0 aromatic heterocycles. The highest BCUT2D eigenvalue weighted by atomic mass is 79.9. The van der Waals surface area contributed by atoms with Gasteiger partial charge in [0.1, 0.15) is 11.6 Å². The van der Waals surface area contributed by atoms with Crippen LogP contribution in [0, 0.1) is 11.8 Å². The standard InChI is InChI=1S/C31H39BrN4O5/c1-4-16-33-28(38)24-25-30(40)36(23(18-37)19-10-8-7-9-11-19)27(31(25)17-22(32)26(24)41-31)29(39)34-20-12-14-21(15-13-20)35(5-2)6-3/h7-15,22-27,37H,4-6,16-18H2,1-3H3,(H,33,38)(H,34,39)/t22?,23-,24+,25+,26+,27?,31?/m1/s1. The van der Waals surface area contributed by atoms with Crippen LogP contribution >= 0.6 is 15.9 Å². The number of carbonyl (C=O) groups is 3. The van der Waals surface area contributed by atoms with E-state index in [1.165, 1.54) is 4.90 Å². The van der Waals surface area contributed by atoms with Crippen molar-refractivity contribution in [3.8, 4) is 0 Å². The summed E-state index contributed by atoms with van der Waals surface area (Å²) in [7, 11) is 0. The summed E-state index contributed by atoms with van der Waals surface area (Å²) in [6.45, 7) is 8.00. The summed E-state index contributed by atoms with van der Waals surface area (Å²) in [5.74, 6) is -2.56. The molecule has 5 rings (SSSR count). The van der Waals surface area contributed by atoms with Crippen molar-refractivity contribution in [2.24, 2.45) is 11.8 Å². The van der Waals surface area contributed by atoms with E-state index in [9.17, 15) is 19.5 Å². The fourth-order valence-electron chi connectivity index (χ4n) is 6.95. The number of aliphatic hydroxyl groups excluding tert-OH is 1. The number of fused-ring (bicyclic) bond motifs is 1. The minimum atomic E-state index is -1.21. The number of likely N-dealkylation sites (tertiary alicyclic amines) is 1. The van der Waals surface area contributed by atoms with Crippen LogP contribution in [0.15, 0.2) is 54.6 Å². The maximum absolute atomic E-state index is 14.3. The molecule has 3 heterocycles. The third-order valence-corrected chi connectivity index (χ3v) is 9.63. The SMILES string of the molecule is CCCNC(=O)[C@H]1[C@H]2C(=O)N([C@H](CO)c3ccccc3)C(C(=O)Nc3ccc(N(CC)CC)cc3)C23CC(Br)[C@@H]1O3. The molecule has 1 spiro atoms. The third kappa shape index (κ3) is 5.04. The zero-order valence-electron chi connectivity index (χ0n) is 23.8. The lowest BCUT2D eigenvalue weighted by molar-refractivity contribution is -0.144. The van der Waals surface area contributed by atoms with Crippen LogP contribution in [0.1, 0.15) is 45.2 Å². The minimum Gasteiger partial charge on any atom is -0.394 e. The van der Waals surface area contributed by atoms with E-state index >= 15 is 0 Å². The molecule has 2 aromatic rings. The molecule has 3 N–H and O–H groups in total. The number of hydrogen-bond donors (Lipinski definition) is 3. The van der Waals surface area contributed by atoms with Crippen molar-refractivity contribution in [1.82, 2.24) is 10.2 Å². The van der Waals surface area contributed by atoms with Crippen LogP contribution in [-0.4, -0.2) is 76.5 Å². The Bertz CT molecular complexity index is 1260. The molecule has 2 bridgehead atoms. The van der Waals surface area contributed by atoms with Crippen LogP contribution in [0.3, 0.4) is 0 Å². The summed E-state index contributed by atoms with van der Waals surface area (Å²) < 4.78 is 6.57. The van der Waals surface area contributed by atoms with E-state index in [0.717, 1.165) is 25.2 Å². The van der Waals surface area contributed by atoms with Crippen molar-refractivity contribution in [3.63, 3.8) is 0 Å². The van der Waals surface area contributed by atoms with Gasteiger partial charge in [-0.2, -0.15) is 0 Å². The van der Waals surface area contributed by atoms with Gasteiger partial charge in [-0.05, 0) is 56.5 Å². The van der Waals surface area contributed by atoms with Crippen molar-refractivity contribution in [2.45, 2.75) is 62.2 Å². The van der Waals surface area contributed by atoms with Gasteiger partial charge in [0.15, 0.2) is 0 Å². The van der Waals surface area contributed by atoms with Crippen molar-refractivity contribution in [3.05, 3.63) is 60.2 Å². The fraction of sp³-hybridized carbons (Fsp3) is 0.516. The van der Waals surface area contributed by atoms with E-state index in [0.29, 0.717) is 24.2 Å². The molecule has 0 saturated carbocycles. The third-order valence-electron chi connectivity index (χ3n) is 8.78. The Kier molecular flexibility index (Phi) is 8.73. The highest BCUT2D eigenvalue weighted by Gasteiger charge is 2.77. The molecule has 3 unspecified atom stereocenters. The van der Waals surface area contributed by atoms with Crippen molar-refractivity contribution in [1.29, 1.82) is 0 Å². The lowest BCUT2D eigenvalue weighted by Gasteiger charge is -2.37. The Hall–Kier alpha value is -2.95. The molecule has 3 amide bonds. The van der Waals surface area contributed by atoms with Crippen LogP contribution in [0.5, 0.6) is 0 Å². The largest absolute Gasteiger partial charge is 0.394 e. The molecule has 3 fully saturated rings. The summed E-state index contributed by atoms with van der Waals surface area (Å²) in [6.07, 6.45) is 0.626. The van der Waals surface area contributed by atoms with Gasteiger partial charge in [0.2, 0.25) is 17.7 Å². The van der Waals surface area contributed by atoms with E-state index in [2.05, 4.69) is 45.3 Å². The van der Waals surface area contributed by atoms with Gasteiger partial charge in [-0.3, -0.25) is 14.4 Å². The molecule has 0 radical (unpaired) electrons. The second-order valence-electron chi connectivity index (χ2n) is 11.0. The first-order valence-corrected chi connectivity index (χ1v) is 15.5. The quantitative estimate of drug-likeness (QED) is 0.329. The number of aliphatic hydroxyl groups is 1. The topological polar surface area (TPSA) is 111 Å². The zero-order chi connectivity index (χ0) is 29.3. The smallest absolute Gasteiger partial charge is 0.250 e. The van der Waals surface area contributed by atoms with Crippen LogP contribution in [0.25, 0.3) is 0 Å². The summed E-state index contributed by atoms with van der Waals surface area (Å²) in [5, 5.41) is 16.6. The maximum Gasteiger partial charge on any atom is 0.250 e. The van der Waals surface area contributed by atoms with E-state index in [1.807, 2.05) is 61.5 Å². The Labute approximate surface area is 249 Å². The number of rotatable bonds is 11. The molecule has 220 valence electrons. The van der Waals surface area contributed by atoms with Gasteiger partial charge in [0.25, 0.3) is 0 Å². The van der Waals surface area contributed by atoms with E-state index in [-0.39, 0.29) is 23.2 Å². The predicted octanol–water partition coefficient (Wildman–Crippen LogP) is 3.48. The second-order valence-corrected chi connectivity index (χ2v) is 12.2. The maximum atomic E-state index is 14.3. The van der Waals surface area contributed by atoms with E-state index in [4.69, 9.17) is 4.74 Å². The average molecular weight is 628 g/mol. The molecule has 7 atom stereocenters. The Balaban J connectivity index is 1.53. The molecule has 3 aliphatic rings. The summed E-state index contributed by atoms with van der Waals surface area (Å²) in [6, 6.07) is 15.0. The number of amides is 3. The van der Waals surface area contributed by atoms with Crippen molar-refractivity contribution in [2.75, 3.05) is 36.5 Å². The van der Waals surface area contributed by atoms with E-state index < -0.39 is 41.5 Å². The number of anilines is 2. The van der Waals surface area contributed by atoms with Gasteiger partial charge in [0.05, 0.1) is 30.6 Å². The van der Waals surface area contributed by atoms with Crippen molar-refractivity contribution >= 4 is 45.0 Å². The van der Waals surface area contributed by atoms with Crippen LogP contribution in [0.4, 0.5) is 11.4 Å². The molecule has 3 saturated heterocycles. The Morgan fingerprint density at radius 3 is 2.39 bits per heavy atom. The van der Waals surface area contributed by atoms with Crippen LogP contribution in [0.2, 0.25) is 0 Å². The molecule has 3 aliphatic heterocycles. The number of hydrogen-bond acceptors (Lipinski definition) is 6. The van der Waals surface area contributed by atoms with Gasteiger partial charge >= 0.3 is 0 Å². The van der Waals surface area contributed by atoms with Gasteiger partial charge < -0.3 is 30.3 Å². The second kappa shape index (κ2) is 12.1. The Morgan fingerprint density at radius 1 is 1.10 bits per heavy atom. The first-order chi connectivity index (χ1) is 19.8. The monoisotopic (exact) mass is 626 g/mol. The number of nitrogens with one attached hydrogen (secondary N) is 2. The lowest BCUT2D eigenvalue weighted by Crippen LogP contribution is -2.55. The van der Waals surface area contributed by atoms with Gasteiger partial charge in [-0.1, -0.05) is 53.2 Å². The number of alkyl halides is 1. The van der Waals surface area contributed by atoms with Gasteiger partial charge in [-0.15, -0.1) is 0 Å².